The van der Waals surface area contributed by atoms with Gasteiger partial charge in [-0.2, -0.15) is 0 Å². The van der Waals surface area contributed by atoms with Gasteiger partial charge in [0.25, 0.3) is 0 Å². The summed E-state index contributed by atoms with van der Waals surface area (Å²) in [4.78, 5) is 4.02. The van der Waals surface area contributed by atoms with Crippen LogP contribution in [0.1, 0.15) is 5.56 Å². The fourth-order valence-corrected chi connectivity index (χ4v) is 1.46. The number of aryl methyl sites for hydroxylation is 1. The quantitative estimate of drug-likeness (QED) is 0.841. The molecular weight excluding hydrogens is 224 g/mol. The van der Waals surface area contributed by atoms with Crippen molar-refractivity contribution in [2.45, 2.75) is 6.92 Å². The first-order valence-corrected chi connectivity index (χ1v) is 5.01. The van der Waals surface area contributed by atoms with E-state index in [1.165, 1.54) is 18.3 Å². The Labute approximate surface area is 97.3 Å². The lowest BCUT2D eigenvalue weighted by atomic mass is 10.2. The van der Waals surface area contributed by atoms with E-state index in [1.807, 2.05) is 0 Å². The lowest BCUT2D eigenvalue weighted by Gasteiger charge is -2.09. The van der Waals surface area contributed by atoms with Crippen LogP contribution in [0.2, 0.25) is 0 Å². The number of nitrogens with two attached hydrogens (primary N) is 1. The van der Waals surface area contributed by atoms with E-state index in [4.69, 9.17) is 5.73 Å². The molecule has 0 radical (unpaired) electrons. The van der Waals surface area contributed by atoms with Crippen LogP contribution in [0.15, 0.2) is 30.5 Å². The van der Waals surface area contributed by atoms with Crippen molar-refractivity contribution in [2.75, 3.05) is 11.1 Å². The van der Waals surface area contributed by atoms with Crippen LogP contribution in [-0.4, -0.2) is 4.98 Å². The molecule has 0 aliphatic heterocycles. The van der Waals surface area contributed by atoms with Gasteiger partial charge in [0.1, 0.15) is 5.82 Å². The van der Waals surface area contributed by atoms with Crippen LogP contribution in [0.5, 0.6) is 0 Å². The molecule has 0 saturated carbocycles. The van der Waals surface area contributed by atoms with Gasteiger partial charge in [-0.15, -0.1) is 0 Å². The van der Waals surface area contributed by atoms with E-state index in [-0.39, 0.29) is 5.69 Å². The number of nitrogens with zero attached hydrogens (tertiary/aromatic N) is 1. The number of aromatic nitrogens is 1. The first-order chi connectivity index (χ1) is 8.08. The average Bonchev–Trinajstić information content (AvgIpc) is 2.28. The normalized spacial score (nSPS) is 10.3. The Bertz CT molecular complexity index is 555. The maximum Gasteiger partial charge on any atom is 0.182 e. The molecular formula is C12H11F2N3. The smallest absolute Gasteiger partial charge is 0.182 e. The van der Waals surface area contributed by atoms with E-state index < -0.39 is 11.6 Å². The number of hydrogen-bond acceptors (Lipinski definition) is 3. The minimum atomic E-state index is -0.925. The van der Waals surface area contributed by atoms with Crippen LogP contribution in [0.25, 0.3) is 0 Å². The largest absolute Gasteiger partial charge is 0.397 e. The van der Waals surface area contributed by atoms with Gasteiger partial charge in [0, 0.05) is 0 Å². The molecule has 0 amide bonds. The highest BCUT2D eigenvalue weighted by Crippen LogP contribution is 2.23. The summed E-state index contributed by atoms with van der Waals surface area (Å²) >= 11 is 0. The van der Waals surface area contributed by atoms with E-state index >= 15 is 0 Å². The zero-order valence-electron chi connectivity index (χ0n) is 9.17. The highest BCUT2D eigenvalue weighted by molar-refractivity contribution is 5.61. The van der Waals surface area contributed by atoms with Crippen LogP contribution in [0, 0.1) is 18.6 Å². The second-order valence-electron chi connectivity index (χ2n) is 3.66. The molecule has 1 aromatic carbocycles. The number of hydrogen-bond donors (Lipinski definition) is 2. The van der Waals surface area contributed by atoms with Crippen molar-refractivity contribution >= 4 is 17.2 Å². The predicted octanol–water partition coefficient (Wildman–Crippen LogP) is 2.99. The number of rotatable bonds is 2. The Morgan fingerprint density at radius 2 is 2.06 bits per heavy atom. The lowest BCUT2D eigenvalue weighted by molar-refractivity contribution is 0.511. The Hall–Kier alpha value is -2.17. The van der Waals surface area contributed by atoms with Gasteiger partial charge >= 0.3 is 0 Å². The van der Waals surface area contributed by atoms with Gasteiger partial charge in [0.15, 0.2) is 11.6 Å². The van der Waals surface area contributed by atoms with Gasteiger partial charge in [0.05, 0.1) is 17.6 Å². The standard InChI is InChI=1S/C12H11F2N3/c1-7-5-8(15)6-16-12(7)17-10-4-2-3-9(13)11(10)14/h2-6H,15H2,1H3,(H,16,17). The molecule has 0 aliphatic rings. The van der Waals surface area contributed by atoms with Crippen molar-refractivity contribution in [3.63, 3.8) is 0 Å². The molecule has 2 rings (SSSR count). The lowest BCUT2D eigenvalue weighted by Crippen LogP contribution is -2.01. The van der Waals surface area contributed by atoms with E-state index in [0.717, 1.165) is 11.6 Å². The molecule has 3 N–H and O–H groups in total. The number of benzene rings is 1. The summed E-state index contributed by atoms with van der Waals surface area (Å²) in [5.74, 6) is -1.38. The summed E-state index contributed by atoms with van der Waals surface area (Å²) in [6, 6.07) is 5.62. The van der Waals surface area contributed by atoms with Crippen LogP contribution in [-0.2, 0) is 0 Å². The van der Waals surface area contributed by atoms with E-state index in [0.29, 0.717) is 11.5 Å². The van der Waals surface area contributed by atoms with E-state index in [2.05, 4.69) is 10.3 Å². The van der Waals surface area contributed by atoms with Gasteiger partial charge in [-0.3, -0.25) is 0 Å². The molecule has 17 heavy (non-hydrogen) atoms. The average molecular weight is 235 g/mol. The molecule has 0 spiro atoms. The number of halogens is 2. The van der Waals surface area contributed by atoms with Gasteiger partial charge < -0.3 is 11.1 Å². The third-order valence-electron chi connectivity index (χ3n) is 2.30. The monoisotopic (exact) mass is 235 g/mol. The molecule has 2 aromatic rings. The molecule has 0 saturated heterocycles. The van der Waals surface area contributed by atoms with Crippen LogP contribution >= 0.6 is 0 Å². The topological polar surface area (TPSA) is 50.9 Å². The first-order valence-electron chi connectivity index (χ1n) is 5.01. The third-order valence-corrected chi connectivity index (χ3v) is 2.30. The molecule has 0 bridgehead atoms. The first kappa shape index (κ1) is 11.3. The maximum atomic E-state index is 13.4. The Balaban J connectivity index is 2.35. The summed E-state index contributed by atoms with van der Waals surface area (Å²) in [6.07, 6.45) is 1.45. The zero-order chi connectivity index (χ0) is 12.4. The molecule has 0 aliphatic carbocycles. The summed E-state index contributed by atoms with van der Waals surface area (Å²) in [5, 5.41) is 2.73. The summed E-state index contributed by atoms with van der Waals surface area (Å²) < 4.78 is 26.4. The Kier molecular flexibility index (Phi) is 2.91. The zero-order valence-corrected chi connectivity index (χ0v) is 9.17. The fourth-order valence-electron chi connectivity index (χ4n) is 1.46. The molecule has 3 nitrogen and oxygen atoms in total. The Morgan fingerprint density at radius 1 is 1.29 bits per heavy atom. The van der Waals surface area contributed by atoms with Crippen LogP contribution < -0.4 is 11.1 Å². The fraction of sp³-hybridized carbons (Fsp3) is 0.0833. The number of anilines is 3. The summed E-state index contributed by atoms with van der Waals surface area (Å²) in [5.41, 5.74) is 6.88. The van der Waals surface area contributed by atoms with Gasteiger partial charge in [0.2, 0.25) is 0 Å². The van der Waals surface area contributed by atoms with Crippen LogP contribution in [0.4, 0.5) is 26.0 Å². The molecule has 1 aromatic heterocycles. The van der Waals surface area contributed by atoms with Crippen molar-refractivity contribution in [2.24, 2.45) is 0 Å². The minimum Gasteiger partial charge on any atom is -0.397 e. The number of pyridine rings is 1. The molecule has 1 heterocycles. The van der Waals surface area contributed by atoms with Crippen molar-refractivity contribution in [1.82, 2.24) is 4.98 Å². The van der Waals surface area contributed by atoms with Crippen molar-refractivity contribution in [1.29, 1.82) is 0 Å². The highest BCUT2D eigenvalue weighted by Gasteiger charge is 2.09. The van der Waals surface area contributed by atoms with E-state index in [9.17, 15) is 8.78 Å². The van der Waals surface area contributed by atoms with E-state index in [1.54, 1.807) is 13.0 Å². The number of nitrogen functional groups attached to an aromatic ring is 1. The molecule has 88 valence electrons. The molecule has 0 unspecified atom stereocenters. The summed E-state index contributed by atoms with van der Waals surface area (Å²) in [7, 11) is 0. The van der Waals surface area contributed by atoms with Crippen molar-refractivity contribution in [3.05, 3.63) is 47.7 Å². The second kappa shape index (κ2) is 4.37. The van der Waals surface area contributed by atoms with Gasteiger partial charge in [-0.1, -0.05) is 6.07 Å². The highest BCUT2D eigenvalue weighted by atomic mass is 19.2. The minimum absolute atomic E-state index is 0.0466. The Morgan fingerprint density at radius 3 is 2.76 bits per heavy atom. The maximum absolute atomic E-state index is 13.4. The summed E-state index contributed by atoms with van der Waals surface area (Å²) in [6.45, 7) is 1.78. The molecule has 0 fully saturated rings. The third kappa shape index (κ3) is 2.33. The van der Waals surface area contributed by atoms with Gasteiger partial charge in [-0.25, -0.2) is 13.8 Å². The SMILES string of the molecule is Cc1cc(N)cnc1Nc1cccc(F)c1F. The molecule has 5 heteroatoms. The predicted molar refractivity (Wildman–Crippen MR) is 63.0 cm³/mol. The second-order valence-corrected chi connectivity index (χ2v) is 3.66. The van der Waals surface area contributed by atoms with Gasteiger partial charge in [-0.05, 0) is 30.7 Å². The van der Waals surface area contributed by atoms with Crippen molar-refractivity contribution in [3.8, 4) is 0 Å². The van der Waals surface area contributed by atoms with Crippen LogP contribution in [0.3, 0.4) is 0 Å². The number of nitrogens with one attached hydrogen (secondary N) is 1. The molecule has 0 atom stereocenters. The van der Waals surface area contributed by atoms with Crippen molar-refractivity contribution < 1.29 is 8.78 Å².